The summed E-state index contributed by atoms with van der Waals surface area (Å²) in [6.45, 7) is 13.9. The molecule has 1 aliphatic heterocycles. The first kappa shape index (κ1) is 54.3. The minimum absolute atomic E-state index is 0.00612. The number of rotatable bonds is 25. The molecule has 0 aromatic heterocycles. The normalized spacial score (nSPS) is 23.2. The molecule has 18 nitrogen and oxygen atoms in total. The molecular formula is C49H79N9O9. The number of benzene rings is 1. The molecule has 4 rings (SSSR count). The van der Waals surface area contributed by atoms with Crippen molar-refractivity contribution < 1.29 is 43.5 Å². The van der Waals surface area contributed by atoms with E-state index < -0.39 is 54.0 Å². The Balaban J connectivity index is 1.37. The van der Waals surface area contributed by atoms with E-state index in [4.69, 9.17) is 5.73 Å². The van der Waals surface area contributed by atoms with E-state index in [0.29, 0.717) is 45.2 Å². The Bertz CT molecular complexity index is 1860. The standard InChI is InChI=1S/C49H79N9O9/c1-27(2)18-32(21-43(50)61)53-46(64)24-41(29(5)6)58-49(67)38-25-51-26-42(38)56-45(63)22-33(19-28(3)4)54-44(62)23-34(20-31-14-16-35(60)17-15-31)55-47(65)37-11-9-13-40(37)57-48(66)36-10-8-12-39(36)52-30(7)59/h14-17,27-29,32-34,36-42,51,60H,8-13,18-26H2,1-7H3,(H2,50,61)(H,52,59)(H,53,64)(H,54,62)(H,55,65)(H,56,63)(H,57,66)(H,58,67)/t32?,33-,34-,36?,37?,38?,39?,40?,41+,42?/m0/s1. The Kier molecular flexibility index (Phi) is 21.4. The highest BCUT2D eigenvalue weighted by atomic mass is 16.3. The zero-order chi connectivity index (χ0) is 49.4. The maximum Gasteiger partial charge on any atom is 0.226 e. The molecule has 2 aliphatic carbocycles. The van der Waals surface area contributed by atoms with E-state index in [1.165, 1.54) is 6.92 Å². The summed E-state index contributed by atoms with van der Waals surface area (Å²) in [5, 5.41) is 34.2. The van der Waals surface area contributed by atoms with E-state index in [1.54, 1.807) is 24.3 Å². The van der Waals surface area contributed by atoms with Crippen molar-refractivity contribution in [3.8, 4) is 5.75 Å². The van der Waals surface area contributed by atoms with Crippen LogP contribution in [0.25, 0.3) is 0 Å². The van der Waals surface area contributed by atoms with Gasteiger partial charge in [-0.15, -0.1) is 0 Å². The Morgan fingerprint density at radius 1 is 0.597 bits per heavy atom. The summed E-state index contributed by atoms with van der Waals surface area (Å²) in [4.78, 5) is 105. The van der Waals surface area contributed by atoms with Crippen LogP contribution in [0.4, 0.5) is 0 Å². The number of phenols is 1. The molecule has 18 heteroatoms. The highest BCUT2D eigenvalue weighted by molar-refractivity contribution is 5.86. The summed E-state index contributed by atoms with van der Waals surface area (Å²) in [7, 11) is 0. The third-order valence-electron chi connectivity index (χ3n) is 13.2. The van der Waals surface area contributed by atoms with Gasteiger partial charge in [-0.25, -0.2) is 0 Å². The molecule has 0 spiro atoms. The molecule has 10 atom stereocenters. The Morgan fingerprint density at radius 2 is 1.13 bits per heavy atom. The van der Waals surface area contributed by atoms with Crippen LogP contribution in [0.15, 0.2) is 24.3 Å². The van der Waals surface area contributed by atoms with E-state index in [1.807, 2.05) is 41.5 Å². The quantitative estimate of drug-likeness (QED) is 0.0681. The monoisotopic (exact) mass is 938 g/mol. The van der Waals surface area contributed by atoms with E-state index in [9.17, 15) is 43.5 Å². The van der Waals surface area contributed by atoms with Gasteiger partial charge in [0.15, 0.2) is 0 Å². The highest BCUT2D eigenvalue weighted by Gasteiger charge is 2.40. The van der Waals surface area contributed by atoms with Crippen LogP contribution in [0.5, 0.6) is 5.75 Å². The summed E-state index contributed by atoms with van der Waals surface area (Å²) in [5.41, 5.74) is 6.21. The lowest BCUT2D eigenvalue weighted by molar-refractivity contribution is -0.130. The fourth-order valence-electron chi connectivity index (χ4n) is 9.95. The van der Waals surface area contributed by atoms with Gasteiger partial charge in [0.1, 0.15) is 5.75 Å². The van der Waals surface area contributed by atoms with Gasteiger partial charge in [-0.1, -0.05) is 66.5 Å². The zero-order valence-electron chi connectivity index (χ0n) is 40.7. The lowest BCUT2D eigenvalue weighted by Gasteiger charge is -2.28. The van der Waals surface area contributed by atoms with Crippen molar-refractivity contribution in [1.29, 1.82) is 0 Å². The van der Waals surface area contributed by atoms with Crippen molar-refractivity contribution in [3.63, 3.8) is 0 Å². The second-order valence-electron chi connectivity index (χ2n) is 20.4. The molecular weight excluding hydrogens is 859 g/mol. The van der Waals surface area contributed by atoms with Crippen LogP contribution >= 0.6 is 0 Å². The van der Waals surface area contributed by atoms with Gasteiger partial charge in [0, 0.05) is 81.9 Å². The summed E-state index contributed by atoms with van der Waals surface area (Å²) in [6, 6.07) is 3.26. The molecule has 0 radical (unpaired) electrons. The number of aromatic hydroxyl groups is 1. The minimum atomic E-state index is -0.650. The number of nitrogens with two attached hydrogens (primary N) is 1. The lowest BCUT2D eigenvalue weighted by atomic mass is 9.96. The maximum atomic E-state index is 14.0. The summed E-state index contributed by atoms with van der Waals surface area (Å²) < 4.78 is 0. The average Bonchev–Trinajstić information content (AvgIpc) is 3.99. The fraction of sp³-hybridized carbons (Fsp3) is 0.714. The van der Waals surface area contributed by atoms with Crippen LogP contribution < -0.4 is 48.3 Å². The maximum absolute atomic E-state index is 14.0. The number of hydrogen-bond donors (Lipinski definition) is 10. The summed E-state index contributed by atoms with van der Waals surface area (Å²) in [5.74, 6) is -3.60. The second kappa shape index (κ2) is 26.3. The second-order valence-corrected chi connectivity index (χ2v) is 20.4. The van der Waals surface area contributed by atoms with Crippen LogP contribution in [0.2, 0.25) is 0 Å². The molecule has 67 heavy (non-hydrogen) atoms. The Morgan fingerprint density at radius 3 is 1.70 bits per heavy atom. The highest BCUT2D eigenvalue weighted by Crippen LogP contribution is 2.30. The number of phenolic OH excluding ortho intramolecular Hbond substituents is 1. The first-order valence-electron chi connectivity index (χ1n) is 24.5. The molecule has 1 aromatic rings. The van der Waals surface area contributed by atoms with Crippen molar-refractivity contribution in [2.45, 2.75) is 174 Å². The third kappa shape index (κ3) is 18.4. The van der Waals surface area contributed by atoms with Crippen molar-refractivity contribution in [1.82, 2.24) is 42.5 Å². The molecule has 7 unspecified atom stereocenters. The van der Waals surface area contributed by atoms with Crippen LogP contribution in [0.3, 0.4) is 0 Å². The first-order valence-corrected chi connectivity index (χ1v) is 24.5. The average molecular weight is 938 g/mol. The number of nitrogens with one attached hydrogen (secondary N) is 8. The van der Waals surface area contributed by atoms with E-state index in [-0.39, 0.29) is 109 Å². The molecule has 8 amide bonds. The van der Waals surface area contributed by atoms with Gasteiger partial charge in [0.25, 0.3) is 0 Å². The van der Waals surface area contributed by atoms with Crippen LogP contribution in [0.1, 0.15) is 131 Å². The van der Waals surface area contributed by atoms with Gasteiger partial charge in [-0.05, 0) is 80.4 Å². The van der Waals surface area contributed by atoms with Gasteiger partial charge in [-0.3, -0.25) is 38.4 Å². The van der Waals surface area contributed by atoms with Crippen molar-refractivity contribution in [2.75, 3.05) is 13.1 Å². The molecule has 0 bridgehead atoms. The van der Waals surface area contributed by atoms with Crippen molar-refractivity contribution >= 4 is 47.3 Å². The molecule has 1 saturated heterocycles. The number of primary amides is 1. The predicted octanol–water partition coefficient (Wildman–Crippen LogP) is 1.96. The molecule has 2 saturated carbocycles. The van der Waals surface area contributed by atoms with Gasteiger partial charge in [0.2, 0.25) is 47.3 Å². The van der Waals surface area contributed by atoms with Crippen molar-refractivity contribution in [2.24, 2.45) is 41.2 Å². The summed E-state index contributed by atoms with van der Waals surface area (Å²) >= 11 is 0. The van der Waals surface area contributed by atoms with Crippen molar-refractivity contribution in [3.05, 3.63) is 29.8 Å². The molecule has 1 heterocycles. The van der Waals surface area contributed by atoms with E-state index >= 15 is 0 Å². The minimum Gasteiger partial charge on any atom is -0.508 e. The van der Waals surface area contributed by atoms with Gasteiger partial charge in [0.05, 0.1) is 23.8 Å². The van der Waals surface area contributed by atoms with Crippen LogP contribution in [-0.4, -0.2) is 108 Å². The smallest absolute Gasteiger partial charge is 0.226 e. The Hall–Kier alpha value is -5.26. The van der Waals surface area contributed by atoms with Gasteiger partial charge >= 0.3 is 0 Å². The third-order valence-corrected chi connectivity index (χ3v) is 13.2. The molecule has 3 fully saturated rings. The fourth-order valence-corrected chi connectivity index (χ4v) is 9.95. The van der Waals surface area contributed by atoms with Crippen LogP contribution in [0, 0.1) is 35.5 Å². The zero-order valence-corrected chi connectivity index (χ0v) is 40.7. The molecule has 11 N–H and O–H groups in total. The number of amides is 8. The number of carbonyl (C=O) groups excluding carboxylic acids is 8. The molecule has 1 aromatic carbocycles. The van der Waals surface area contributed by atoms with Crippen LogP contribution in [-0.2, 0) is 44.8 Å². The number of hydrogen-bond acceptors (Lipinski definition) is 10. The van der Waals surface area contributed by atoms with E-state index in [2.05, 4.69) is 42.5 Å². The lowest BCUT2D eigenvalue weighted by Crippen LogP contribution is -2.52. The SMILES string of the molecule is CC(=O)NC1CCCC1C(=O)NC1CCCC1C(=O)N[C@H](CC(=O)N[C@H](CC(=O)NC1CNCC1C(=O)N[C@H](CC(=O)NC(CC(N)=O)CC(C)C)C(C)C)CC(C)C)Cc1ccc(O)cc1. The molecule has 3 aliphatic rings. The first-order chi connectivity index (χ1) is 31.7. The number of carbonyl (C=O) groups is 8. The van der Waals surface area contributed by atoms with E-state index in [0.717, 1.165) is 24.8 Å². The largest absolute Gasteiger partial charge is 0.508 e. The van der Waals surface area contributed by atoms with Gasteiger partial charge in [-0.2, -0.15) is 0 Å². The predicted molar refractivity (Wildman–Crippen MR) is 253 cm³/mol. The summed E-state index contributed by atoms with van der Waals surface area (Å²) in [6.07, 6.45) is 5.37. The topological polar surface area (TPSA) is 279 Å². The molecule has 374 valence electrons. The Labute approximate surface area is 396 Å². The van der Waals surface area contributed by atoms with Gasteiger partial charge < -0.3 is 53.4 Å².